The van der Waals surface area contributed by atoms with Gasteiger partial charge >= 0.3 is 12.1 Å². The number of ether oxygens (including phenoxy) is 1. The Balaban J connectivity index is 1.59. The molecule has 1 aromatic carbocycles. The molecule has 1 atom stereocenters. The molecule has 11 heteroatoms. The SMILES string of the molecule is CCOC(=O)c1c(NC(=O)c2cnn3c(C(F)(F)F)cc(-c4ccccc4)nc23)sc2c1CCC(C)C2. The minimum atomic E-state index is -4.73. The Bertz CT molecular complexity index is 1490. The van der Waals surface area contributed by atoms with E-state index in [4.69, 9.17) is 4.74 Å². The summed E-state index contributed by atoms with van der Waals surface area (Å²) in [4.78, 5) is 31.5. The van der Waals surface area contributed by atoms with E-state index in [2.05, 4.69) is 22.3 Å². The summed E-state index contributed by atoms with van der Waals surface area (Å²) >= 11 is 1.30. The van der Waals surface area contributed by atoms with Gasteiger partial charge in [-0.05, 0) is 43.7 Å². The number of aromatic nitrogens is 3. The number of carbonyl (C=O) groups excluding carboxylic acids is 2. The number of nitrogens with zero attached hydrogens (tertiary/aromatic N) is 3. The first kappa shape index (κ1) is 24.9. The highest BCUT2D eigenvalue weighted by Gasteiger charge is 2.36. The molecule has 0 saturated carbocycles. The standard InChI is InChI=1S/C26H23F3N4O3S/c1-3-36-25(35)21-16-10-9-14(2)11-19(16)37-24(21)32-23(34)17-13-30-33-20(26(27,28)29)12-18(31-22(17)33)15-7-5-4-6-8-15/h4-8,12-14H,3,9-11H2,1-2H3,(H,32,34). The van der Waals surface area contributed by atoms with Gasteiger partial charge in [-0.25, -0.2) is 14.3 Å². The van der Waals surface area contributed by atoms with Crippen LogP contribution < -0.4 is 5.32 Å². The normalized spacial score (nSPS) is 15.4. The van der Waals surface area contributed by atoms with Crippen LogP contribution in [0.2, 0.25) is 0 Å². The van der Waals surface area contributed by atoms with E-state index in [1.165, 1.54) is 11.3 Å². The molecule has 3 heterocycles. The fourth-order valence-corrected chi connectivity index (χ4v) is 5.90. The number of hydrogen-bond acceptors (Lipinski definition) is 6. The lowest BCUT2D eigenvalue weighted by molar-refractivity contribution is -0.142. The third-order valence-corrected chi connectivity index (χ3v) is 7.46. The van der Waals surface area contributed by atoms with Crippen LogP contribution in [0.25, 0.3) is 16.9 Å². The monoisotopic (exact) mass is 528 g/mol. The first-order chi connectivity index (χ1) is 17.7. The highest BCUT2D eigenvalue weighted by molar-refractivity contribution is 7.17. The molecule has 7 nitrogen and oxygen atoms in total. The molecule has 0 saturated heterocycles. The van der Waals surface area contributed by atoms with Crippen LogP contribution in [-0.4, -0.2) is 33.1 Å². The minimum Gasteiger partial charge on any atom is -0.462 e. The predicted octanol–water partition coefficient (Wildman–Crippen LogP) is 6.03. The maximum atomic E-state index is 13.9. The van der Waals surface area contributed by atoms with Gasteiger partial charge in [0.2, 0.25) is 0 Å². The minimum absolute atomic E-state index is 0.0581. The third kappa shape index (κ3) is 4.71. The van der Waals surface area contributed by atoms with Crippen molar-refractivity contribution in [2.24, 2.45) is 5.92 Å². The van der Waals surface area contributed by atoms with E-state index < -0.39 is 23.7 Å². The molecule has 1 unspecified atom stereocenters. The van der Waals surface area contributed by atoms with E-state index in [1.54, 1.807) is 37.3 Å². The number of alkyl halides is 3. The second-order valence-electron chi connectivity index (χ2n) is 8.91. The van der Waals surface area contributed by atoms with Crippen LogP contribution >= 0.6 is 11.3 Å². The summed E-state index contributed by atoms with van der Waals surface area (Å²) in [6.07, 6.45) is -1.31. The van der Waals surface area contributed by atoms with E-state index >= 15 is 0 Å². The highest BCUT2D eigenvalue weighted by atomic mass is 32.1. The van der Waals surface area contributed by atoms with E-state index in [1.807, 2.05) is 0 Å². The second-order valence-corrected chi connectivity index (χ2v) is 10.0. The molecule has 37 heavy (non-hydrogen) atoms. The fraction of sp³-hybridized carbons (Fsp3) is 0.308. The number of halogens is 3. The Morgan fingerprint density at radius 2 is 2.00 bits per heavy atom. The van der Waals surface area contributed by atoms with Crippen LogP contribution in [0.3, 0.4) is 0 Å². The molecule has 0 aliphatic heterocycles. The molecule has 1 aliphatic carbocycles. The number of anilines is 1. The zero-order valence-electron chi connectivity index (χ0n) is 20.1. The van der Waals surface area contributed by atoms with Gasteiger partial charge in [-0.15, -0.1) is 11.3 Å². The Morgan fingerprint density at radius 1 is 1.24 bits per heavy atom. The van der Waals surface area contributed by atoms with Crippen molar-refractivity contribution in [3.8, 4) is 11.3 Å². The molecule has 5 rings (SSSR count). The van der Waals surface area contributed by atoms with E-state index in [-0.39, 0.29) is 23.5 Å². The fourth-order valence-electron chi connectivity index (χ4n) is 4.51. The molecule has 0 radical (unpaired) electrons. The number of thiophene rings is 1. The molecular weight excluding hydrogens is 505 g/mol. The van der Waals surface area contributed by atoms with Crippen molar-refractivity contribution in [2.75, 3.05) is 11.9 Å². The number of rotatable bonds is 5. The zero-order valence-corrected chi connectivity index (χ0v) is 20.9. The molecule has 192 valence electrons. The summed E-state index contributed by atoms with van der Waals surface area (Å²) in [6, 6.07) is 9.30. The highest BCUT2D eigenvalue weighted by Crippen LogP contribution is 2.40. The maximum absolute atomic E-state index is 13.9. The summed E-state index contributed by atoms with van der Waals surface area (Å²) in [7, 11) is 0. The van der Waals surface area contributed by atoms with Crippen LogP contribution in [-0.2, 0) is 23.8 Å². The van der Waals surface area contributed by atoms with E-state index in [0.717, 1.165) is 35.5 Å². The van der Waals surface area contributed by atoms with Gasteiger partial charge in [0, 0.05) is 10.4 Å². The van der Waals surface area contributed by atoms with Gasteiger partial charge in [-0.2, -0.15) is 18.3 Å². The molecular formula is C26H23F3N4O3S. The molecule has 0 bridgehead atoms. The molecule has 3 aromatic heterocycles. The van der Waals surface area contributed by atoms with Crippen molar-refractivity contribution in [1.29, 1.82) is 0 Å². The zero-order chi connectivity index (χ0) is 26.3. The quantitative estimate of drug-likeness (QED) is 0.320. The summed E-state index contributed by atoms with van der Waals surface area (Å²) in [5.41, 5.74) is 0.267. The van der Waals surface area contributed by atoms with Gasteiger partial charge in [0.25, 0.3) is 5.91 Å². The molecule has 0 spiro atoms. The predicted molar refractivity (Wildman–Crippen MR) is 133 cm³/mol. The summed E-state index contributed by atoms with van der Waals surface area (Å²) in [5.74, 6) is -0.808. The van der Waals surface area contributed by atoms with Gasteiger partial charge in [0.05, 0.1) is 24.1 Å². The van der Waals surface area contributed by atoms with Gasteiger partial charge in [-0.3, -0.25) is 4.79 Å². The lowest BCUT2D eigenvalue weighted by atomic mass is 9.88. The second kappa shape index (κ2) is 9.62. The Morgan fingerprint density at radius 3 is 2.70 bits per heavy atom. The van der Waals surface area contributed by atoms with Crippen molar-refractivity contribution in [3.05, 3.63) is 69.9 Å². The first-order valence-corrected chi connectivity index (χ1v) is 12.6. The van der Waals surface area contributed by atoms with Crippen LogP contribution in [0.15, 0.2) is 42.6 Å². The largest absolute Gasteiger partial charge is 0.462 e. The molecule has 4 aromatic rings. The summed E-state index contributed by atoms with van der Waals surface area (Å²) < 4.78 is 47.6. The Hall–Kier alpha value is -3.73. The lowest BCUT2D eigenvalue weighted by Gasteiger charge is -2.18. The van der Waals surface area contributed by atoms with Crippen molar-refractivity contribution in [3.63, 3.8) is 0 Å². The Labute approximate surface area is 214 Å². The maximum Gasteiger partial charge on any atom is 0.433 e. The number of esters is 1. The lowest BCUT2D eigenvalue weighted by Crippen LogP contribution is -2.17. The molecule has 1 N–H and O–H groups in total. The van der Waals surface area contributed by atoms with Crippen molar-refractivity contribution in [1.82, 2.24) is 14.6 Å². The smallest absolute Gasteiger partial charge is 0.433 e. The van der Waals surface area contributed by atoms with Crippen LogP contribution in [0.5, 0.6) is 0 Å². The van der Waals surface area contributed by atoms with Crippen LogP contribution in [0, 0.1) is 5.92 Å². The number of hydrogen-bond donors (Lipinski definition) is 1. The average Bonchev–Trinajstić information content (AvgIpc) is 3.44. The summed E-state index contributed by atoms with van der Waals surface area (Å²) in [6.45, 7) is 4.00. The van der Waals surface area contributed by atoms with Gasteiger partial charge in [0.1, 0.15) is 10.6 Å². The van der Waals surface area contributed by atoms with Crippen LogP contribution in [0.1, 0.15) is 57.1 Å². The van der Waals surface area contributed by atoms with Crippen molar-refractivity contribution < 1.29 is 27.5 Å². The average molecular weight is 529 g/mol. The third-order valence-electron chi connectivity index (χ3n) is 6.29. The number of nitrogens with one attached hydrogen (secondary N) is 1. The topological polar surface area (TPSA) is 85.6 Å². The van der Waals surface area contributed by atoms with Gasteiger partial charge < -0.3 is 10.1 Å². The van der Waals surface area contributed by atoms with Gasteiger partial charge in [0.15, 0.2) is 11.3 Å². The number of amides is 1. The van der Waals surface area contributed by atoms with Gasteiger partial charge in [-0.1, -0.05) is 37.3 Å². The van der Waals surface area contributed by atoms with Crippen LogP contribution in [0.4, 0.5) is 18.2 Å². The number of carbonyl (C=O) groups is 2. The van der Waals surface area contributed by atoms with E-state index in [9.17, 15) is 22.8 Å². The molecule has 0 fully saturated rings. The van der Waals surface area contributed by atoms with Crippen molar-refractivity contribution in [2.45, 2.75) is 39.3 Å². The number of fused-ring (bicyclic) bond motifs is 2. The molecule has 1 amide bonds. The number of benzene rings is 1. The Kier molecular flexibility index (Phi) is 6.49. The first-order valence-electron chi connectivity index (χ1n) is 11.8. The van der Waals surface area contributed by atoms with E-state index in [0.29, 0.717) is 33.0 Å². The molecule has 1 aliphatic rings. The van der Waals surface area contributed by atoms with Crippen molar-refractivity contribution >= 4 is 33.9 Å². The summed E-state index contributed by atoms with van der Waals surface area (Å²) in [5, 5.41) is 6.88.